The van der Waals surface area contributed by atoms with Gasteiger partial charge in [-0.3, -0.25) is 8.99 Å². The van der Waals surface area contributed by atoms with Crippen LogP contribution in [-0.4, -0.2) is 42.9 Å². The number of anilines is 1. The summed E-state index contributed by atoms with van der Waals surface area (Å²) in [6, 6.07) is 7.10. The fourth-order valence-electron chi connectivity index (χ4n) is 1.70. The van der Waals surface area contributed by atoms with Crippen molar-refractivity contribution in [3.8, 4) is 5.75 Å². The molecule has 0 saturated carbocycles. The number of hydrogen-bond acceptors (Lipinski definition) is 5. The molecule has 2 aromatic rings. The van der Waals surface area contributed by atoms with Gasteiger partial charge in [-0.25, -0.2) is 13.2 Å². The number of benzene rings is 1. The highest BCUT2D eigenvalue weighted by molar-refractivity contribution is 7.92. The van der Waals surface area contributed by atoms with Crippen molar-refractivity contribution in [2.45, 2.75) is 4.90 Å². The summed E-state index contributed by atoms with van der Waals surface area (Å²) < 4.78 is 32.5. The minimum Gasteiger partial charge on any atom is -0.482 e. The lowest BCUT2D eigenvalue weighted by molar-refractivity contribution is -0.139. The Bertz CT molecular complexity index is 767. The molecule has 1 heterocycles. The maximum Gasteiger partial charge on any atom is 0.341 e. The predicted molar refractivity (Wildman–Crippen MR) is 78.4 cm³/mol. The molecule has 0 bridgehead atoms. The standard InChI is InChI=1S/C13H15N3O5S/c1-15-8-7-12(14-15)16(2)22(19,20)11-5-3-10(4-6-11)21-9-13(17)18/h3-8H,9H2,1-2H3,(H,17,18). The summed E-state index contributed by atoms with van der Waals surface area (Å²) in [6.45, 7) is -0.486. The number of carboxylic acids is 1. The monoisotopic (exact) mass is 325 g/mol. The van der Waals surface area contributed by atoms with E-state index in [1.165, 1.54) is 36.0 Å². The number of sulfonamides is 1. The van der Waals surface area contributed by atoms with E-state index in [9.17, 15) is 13.2 Å². The molecule has 0 aliphatic heterocycles. The smallest absolute Gasteiger partial charge is 0.341 e. The molecule has 0 fully saturated rings. The molecule has 8 nitrogen and oxygen atoms in total. The third kappa shape index (κ3) is 3.37. The summed E-state index contributed by atoms with van der Waals surface area (Å²) in [5.41, 5.74) is 0. The first kappa shape index (κ1) is 15.8. The van der Waals surface area contributed by atoms with Crippen LogP contribution in [0, 0.1) is 0 Å². The molecule has 0 amide bonds. The van der Waals surface area contributed by atoms with Gasteiger partial charge < -0.3 is 9.84 Å². The van der Waals surface area contributed by atoms with Gasteiger partial charge in [0.2, 0.25) is 0 Å². The zero-order chi connectivity index (χ0) is 16.3. The van der Waals surface area contributed by atoms with Gasteiger partial charge in [0, 0.05) is 26.4 Å². The van der Waals surface area contributed by atoms with Crippen molar-refractivity contribution in [3.63, 3.8) is 0 Å². The van der Waals surface area contributed by atoms with E-state index in [1.54, 1.807) is 19.3 Å². The average Bonchev–Trinajstić information content (AvgIpc) is 2.91. The Morgan fingerprint density at radius 3 is 2.45 bits per heavy atom. The Labute approximate surface area is 127 Å². The zero-order valence-electron chi connectivity index (χ0n) is 12.0. The van der Waals surface area contributed by atoms with Crippen molar-refractivity contribution in [2.75, 3.05) is 18.0 Å². The van der Waals surface area contributed by atoms with Gasteiger partial charge in [-0.05, 0) is 24.3 Å². The number of ether oxygens (including phenoxy) is 1. The third-order valence-electron chi connectivity index (χ3n) is 2.87. The Hall–Kier alpha value is -2.55. The van der Waals surface area contributed by atoms with Crippen LogP contribution in [0.2, 0.25) is 0 Å². The van der Waals surface area contributed by atoms with Crippen LogP contribution in [-0.2, 0) is 21.9 Å². The molecule has 118 valence electrons. The van der Waals surface area contributed by atoms with E-state index in [2.05, 4.69) is 5.10 Å². The van der Waals surface area contributed by atoms with Gasteiger partial charge in [0.05, 0.1) is 4.90 Å². The number of nitrogens with zero attached hydrogens (tertiary/aromatic N) is 3. The Kier molecular flexibility index (Phi) is 4.36. The van der Waals surface area contributed by atoms with Crippen LogP contribution >= 0.6 is 0 Å². The number of aryl methyl sites for hydroxylation is 1. The maximum absolute atomic E-state index is 12.5. The highest BCUT2D eigenvalue weighted by Gasteiger charge is 2.22. The first-order chi connectivity index (χ1) is 10.3. The van der Waals surface area contributed by atoms with E-state index in [1.807, 2.05) is 0 Å². The van der Waals surface area contributed by atoms with E-state index in [4.69, 9.17) is 9.84 Å². The Morgan fingerprint density at radius 1 is 1.32 bits per heavy atom. The van der Waals surface area contributed by atoms with Crippen molar-refractivity contribution in [2.24, 2.45) is 7.05 Å². The molecular formula is C13H15N3O5S. The summed E-state index contributed by atoms with van der Waals surface area (Å²) in [5, 5.41) is 12.6. The SMILES string of the molecule is CN(c1ccn(C)n1)S(=O)(=O)c1ccc(OCC(=O)O)cc1. The molecule has 22 heavy (non-hydrogen) atoms. The summed E-state index contributed by atoms with van der Waals surface area (Å²) in [5.74, 6) is -0.526. The first-order valence-corrected chi connectivity index (χ1v) is 7.68. The summed E-state index contributed by atoms with van der Waals surface area (Å²) in [7, 11) is -0.639. The first-order valence-electron chi connectivity index (χ1n) is 6.24. The van der Waals surface area contributed by atoms with Crippen molar-refractivity contribution in [1.82, 2.24) is 9.78 Å². The minimum absolute atomic E-state index is 0.0586. The molecule has 0 spiro atoms. The van der Waals surface area contributed by atoms with Crippen LogP contribution in [0.1, 0.15) is 0 Å². The molecule has 0 saturated heterocycles. The van der Waals surface area contributed by atoms with Gasteiger partial charge in [-0.15, -0.1) is 0 Å². The quantitative estimate of drug-likeness (QED) is 0.839. The van der Waals surface area contributed by atoms with Crippen LogP contribution in [0.3, 0.4) is 0 Å². The number of carbonyl (C=O) groups is 1. The van der Waals surface area contributed by atoms with Crippen LogP contribution in [0.5, 0.6) is 5.75 Å². The Morgan fingerprint density at radius 2 is 1.95 bits per heavy atom. The van der Waals surface area contributed by atoms with Crippen LogP contribution in [0.4, 0.5) is 5.82 Å². The molecule has 0 aliphatic rings. The lowest BCUT2D eigenvalue weighted by Gasteiger charge is -2.16. The highest BCUT2D eigenvalue weighted by Crippen LogP contribution is 2.22. The van der Waals surface area contributed by atoms with Crippen molar-refractivity contribution < 1.29 is 23.1 Å². The normalized spacial score (nSPS) is 11.2. The lowest BCUT2D eigenvalue weighted by Crippen LogP contribution is -2.27. The van der Waals surface area contributed by atoms with E-state index in [0.29, 0.717) is 5.82 Å². The van der Waals surface area contributed by atoms with Crippen LogP contribution in [0.25, 0.3) is 0 Å². The summed E-state index contributed by atoms with van der Waals surface area (Å²) in [4.78, 5) is 10.5. The topological polar surface area (TPSA) is 102 Å². The van der Waals surface area contributed by atoms with E-state index >= 15 is 0 Å². The minimum atomic E-state index is -3.74. The molecule has 9 heteroatoms. The molecule has 1 N–H and O–H groups in total. The molecule has 0 aliphatic carbocycles. The van der Waals surface area contributed by atoms with Gasteiger partial charge >= 0.3 is 5.97 Å². The number of aromatic nitrogens is 2. The lowest BCUT2D eigenvalue weighted by atomic mass is 10.3. The number of carboxylic acid groups (broad SMARTS) is 1. The molecule has 0 atom stereocenters. The summed E-state index contributed by atoms with van der Waals surface area (Å²) in [6.07, 6.45) is 1.64. The van der Waals surface area contributed by atoms with Crippen LogP contribution in [0.15, 0.2) is 41.4 Å². The van der Waals surface area contributed by atoms with Crippen molar-refractivity contribution >= 4 is 21.8 Å². The van der Waals surface area contributed by atoms with Gasteiger partial charge in [0.1, 0.15) is 5.75 Å². The van der Waals surface area contributed by atoms with E-state index in [-0.39, 0.29) is 10.6 Å². The molecule has 0 unspecified atom stereocenters. The molecule has 1 aromatic heterocycles. The molecule has 2 rings (SSSR count). The second-order valence-electron chi connectivity index (χ2n) is 4.47. The summed E-state index contributed by atoms with van der Waals surface area (Å²) >= 11 is 0. The van der Waals surface area contributed by atoms with E-state index < -0.39 is 22.6 Å². The number of rotatable bonds is 6. The number of aliphatic carboxylic acids is 1. The second-order valence-corrected chi connectivity index (χ2v) is 6.44. The largest absolute Gasteiger partial charge is 0.482 e. The zero-order valence-corrected chi connectivity index (χ0v) is 12.8. The second kappa shape index (κ2) is 6.06. The Balaban J connectivity index is 2.20. The molecular weight excluding hydrogens is 310 g/mol. The van der Waals surface area contributed by atoms with Crippen LogP contribution < -0.4 is 9.04 Å². The predicted octanol–water partition coefficient (Wildman–Crippen LogP) is 0.709. The average molecular weight is 325 g/mol. The molecule has 0 radical (unpaired) electrons. The van der Waals surface area contributed by atoms with Crippen molar-refractivity contribution in [1.29, 1.82) is 0 Å². The van der Waals surface area contributed by atoms with E-state index in [0.717, 1.165) is 4.31 Å². The fourth-order valence-corrected chi connectivity index (χ4v) is 2.84. The maximum atomic E-state index is 12.5. The highest BCUT2D eigenvalue weighted by atomic mass is 32.2. The van der Waals surface area contributed by atoms with Gasteiger partial charge in [0.25, 0.3) is 10.0 Å². The van der Waals surface area contributed by atoms with Crippen molar-refractivity contribution in [3.05, 3.63) is 36.5 Å². The van der Waals surface area contributed by atoms with Gasteiger partial charge in [-0.1, -0.05) is 0 Å². The van der Waals surface area contributed by atoms with Gasteiger partial charge in [-0.2, -0.15) is 5.10 Å². The fraction of sp³-hybridized carbons (Fsp3) is 0.231. The van der Waals surface area contributed by atoms with Gasteiger partial charge in [0.15, 0.2) is 12.4 Å². The molecule has 1 aromatic carbocycles. The number of hydrogen-bond donors (Lipinski definition) is 1. The third-order valence-corrected chi connectivity index (χ3v) is 4.64.